The minimum absolute atomic E-state index is 0.0000583. The third-order valence-electron chi connectivity index (χ3n) is 4.31. The lowest BCUT2D eigenvalue weighted by Gasteiger charge is -2.27. The second-order valence-corrected chi connectivity index (χ2v) is 6.74. The summed E-state index contributed by atoms with van der Waals surface area (Å²) < 4.78 is 15.9. The van der Waals surface area contributed by atoms with Crippen LogP contribution in [0.25, 0.3) is 6.08 Å². The number of barbiturate groups is 1. The summed E-state index contributed by atoms with van der Waals surface area (Å²) in [6.07, 6.45) is 1.29. The van der Waals surface area contributed by atoms with Crippen molar-refractivity contribution in [1.29, 1.82) is 0 Å². The Kier molecular flexibility index (Phi) is 6.19. The van der Waals surface area contributed by atoms with Crippen LogP contribution >= 0.6 is 23.2 Å². The molecule has 156 valence electrons. The largest absolute Gasteiger partial charge is 0.493 e. The second-order valence-electron chi connectivity index (χ2n) is 5.95. The van der Waals surface area contributed by atoms with Crippen molar-refractivity contribution >= 4 is 52.8 Å². The van der Waals surface area contributed by atoms with Crippen molar-refractivity contribution in [2.24, 2.45) is 0 Å². The number of nitrogens with one attached hydrogen (secondary N) is 1. The number of rotatable bonds is 5. The molecule has 1 aliphatic rings. The molecule has 1 N–H and O–H groups in total. The number of urea groups is 1. The molecule has 0 spiro atoms. The standard InChI is InChI=1S/C20H16Cl2N2O6/c1-28-14-8-7-10(16(29-2)17(14)30-3)9-11-18(25)23-20(27)24(19(11)26)13-6-4-5-12(21)15(13)22/h4-9H,1-3H3,(H,23,25,27). The predicted octanol–water partition coefficient (Wildman–Crippen LogP) is 3.69. The maximum absolute atomic E-state index is 13.1. The Bertz CT molecular complexity index is 1080. The predicted molar refractivity (Wildman–Crippen MR) is 112 cm³/mol. The van der Waals surface area contributed by atoms with Gasteiger partial charge in [-0.1, -0.05) is 29.3 Å². The summed E-state index contributed by atoms with van der Waals surface area (Å²) >= 11 is 12.2. The molecule has 10 heteroatoms. The van der Waals surface area contributed by atoms with E-state index < -0.39 is 17.8 Å². The van der Waals surface area contributed by atoms with Gasteiger partial charge in [0.05, 0.1) is 37.1 Å². The van der Waals surface area contributed by atoms with Crippen LogP contribution in [0.2, 0.25) is 10.0 Å². The first-order valence-electron chi connectivity index (χ1n) is 8.48. The molecule has 1 fully saturated rings. The maximum atomic E-state index is 13.1. The van der Waals surface area contributed by atoms with E-state index in [4.69, 9.17) is 37.4 Å². The molecule has 1 saturated heterocycles. The molecule has 0 unspecified atom stereocenters. The Morgan fingerprint density at radius 3 is 2.27 bits per heavy atom. The van der Waals surface area contributed by atoms with E-state index in [1.54, 1.807) is 12.1 Å². The van der Waals surface area contributed by atoms with Gasteiger partial charge in [0.25, 0.3) is 11.8 Å². The van der Waals surface area contributed by atoms with E-state index in [1.165, 1.54) is 45.6 Å². The van der Waals surface area contributed by atoms with Gasteiger partial charge in [-0.2, -0.15) is 0 Å². The van der Waals surface area contributed by atoms with Gasteiger partial charge in [-0.15, -0.1) is 0 Å². The molecule has 0 aromatic heterocycles. The van der Waals surface area contributed by atoms with Crippen LogP contribution in [0.4, 0.5) is 10.5 Å². The molecule has 2 aromatic carbocycles. The summed E-state index contributed by atoms with van der Waals surface area (Å²) in [5.74, 6) is -0.808. The fourth-order valence-corrected chi connectivity index (χ4v) is 3.31. The van der Waals surface area contributed by atoms with Crippen molar-refractivity contribution in [1.82, 2.24) is 5.32 Å². The molecule has 4 amide bonds. The van der Waals surface area contributed by atoms with Crippen LogP contribution < -0.4 is 24.4 Å². The average Bonchev–Trinajstić information content (AvgIpc) is 2.73. The van der Waals surface area contributed by atoms with Crippen molar-refractivity contribution in [2.45, 2.75) is 0 Å². The number of nitrogens with zero attached hydrogens (tertiary/aromatic N) is 1. The van der Waals surface area contributed by atoms with Gasteiger partial charge in [-0.3, -0.25) is 14.9 Å². The quantitative estimate of drug-likeness (QED) is 0.551. The summed E-state index contributed by atoms with van der Waals surface area (Å²) in [5, 5.41) is 2.28. The Balaban J connectivity index is 2.13. The normalized spacial score (nSPS) is 15.3. The topological polar surface area (TPSA) is 94.2 Å². The number of halogens is 2. The highest BCUT2D eigenvalue weighted by Crippen LogP contribution is 2.41. The first-order valence-corrected chi connectivity index (χ1v) is 9.24. The van der Waals surface area contributed by atoms with Gasteiger partial charge in [0.15, 0.2) is 11.5 Å². The molecule has 0 atom stereocenters. The van der Waals surface area contributed by atoms with E-state index >= 15 is 0 Å². The van der Waals surface area contributed by atoms with Crippen molar-refractivity contribution in [2.75, 3.05) is 26.2 Å². The maximum Gasteiger partial charge on any atom is 0.336 e. The Hall–Kier alpha value is -3.23. The van der Waals surface area contributed by atoms with Gasteiger partial charge < -0.3 is 14.2 Å². The summed E-state index contributed by atoms with van der Waals surface area (Å²) in [7, 11) is 4.30. The highest BCUT2D eigenvalue weighted by atomic mass is 35.5. The van der Waals surface area contributed by atoms with Crippen LogP contribution in [-0.2, 0) is 9.59 Å². The van der Waals surface area contributed by atoms with E-state index in [1.807, 2.05) is 0 Å². The number of imide groups is 2. The molecule has 0 aliphatic carbocycles. The zero-order chi connectivity index (χ0) is 22.0. The lowest BCUT2D eigenvalue weighted by Crippen LogP contribution is -2.54. The minimum Gasteiger partial charge on any atom is -0.493 e. The van der Waals surface area contributed by atoms with Crippen LogP contribution in [0.3, 0.4) is 0 Å². The average molecular weight is 451 g/mol. The lowest BCUT2D eigenvalue weighted by atomic mass is 10.0. The third kappa shape index (κ3) is 3.67. The smallest absolute Gasteiger partial charge is 0.336 e. The molecule has 30 heavy (non-hydrogen) atoms. The molecule has 3 rings (SSSR count). The minimum atomic E-state index is -0.939. The summed E-state index contributed by atoms with van der Waals surface area (Å²) in [6.45, 7) is 0. The lowest BCUT2D eigenvalue weighted by molar-refractivity contribution is -0.122. The number of hydrogen-bond donors (Lipinski definition) is 1. The van der Waals surface area contributed by atoms with Gasteiger partial charge in [-0.25, -0.2) is 9.69 Å². The fourth-order valence-electron chi connectivity index (χ4n) is 2.93. The number of carbonyl (C=O) groups excluding carboxylic acids is 3. The zero-order valence-electron chi connectivity index (χ0n) is 16.1. The summed E-state index contributed by atoms with van der Waals surface area (Å²) in [6, 6.07) is 6.72. The number of hydrogen-bond acceptors (Lipinski definition) is 6. The zero-order valence-corrected chi connectivity index (χ0v) is 17.6. The van der Waals surface area contributed by atoms with Crippen LogP contribution in [0.1, 0.15) is 5.56 Å². The Morgan fingerprint density at radius 2 is 1.63 bits per heavy atom. The van der Waals surface area contributed by atoms with Gasteiger partial charge in [0.1, 0.15) is 5.57 Å². The van der Waals surface area contributed by atoms with Gasteiger partial charge in [0.2, 0.25) is 5.75 Å². The second kappa shape index (κ2) is 8.64. The van der Waals surface area contributed by atoms with Crippen molar-refractivity contribution in [3.05, 3.63) is 51.5 Å². The molecule has 8 nitrogen and oxygen atoms in total. The Labute approximate surface area is 181 Å². The van der Waals surface area contributed by atoms with Crippen molar-refractivity contribution in [3.8, 4) is 17.2 Å². The van der Waals surface area contributed by atoms with Crippen LogP contribution in [0.15, 0.2) is 35.9 Å². The number of benzene rings is 2. The highest BCUT2D eigenvalue weighted by Gasteiger charge is 2.38. The number of anilines is 1. The molecule has 2 aromatic rings. The molecule has 1 aliphatic heterocycles. The number of methoxy groups -OCH3 is 3. The summed E-state index contributed by atoms with van der Waals surface area (Å²) in [5.41, 5.74) is 0.0978. The van der Waals surface area contributed by atoms with Crippen molar-refractivity contribution in [3.63, 3.8) is 0 Å². The number of ether oxygens (including phenoxy) is 3. The third-order valence-corrected chi connectivity index (χ3v) is 5.12. The SMILES string of the molecule is COc1ccc(C=C2C(=O)NC(=O)N(c3cccc(Cl)c3Cl)C2=O)c(OC)c1OC. The van der Waals surface area contributed by atoms with Crippen LogP contribution in [-0.4, -0.2) is 39.2 Å². The van der Waals surface area contributed by atoms with E-state index in [2.05, 4.69) is 5.32 Å². The van der Waals surface area contributed by atoms with Crippen LogP contribution in [0.5, 0.6) is 17.2 Å². The fraction of sp³-hybridized carbons (Fsp3) is 0.150. The van der Waals surface area contributed by atoms with Gasteiger partial charge in [-0.05, 0) is 30.3 Å². The molecule has 1 heterocycles. The molecule has 0 bridgehead atoms. The Morgan fingerprint density at radius 1 is 0.933 bits per heavy atom. The first kappa shape index (κ1) is 21.5. The first-order chi connectivity index (χ1) is 14.3. The van der Waals surface area contributed by atoms with Crippen molar-refractivity contribution < 1.29 is 28.6 Å². The molecule has 0 saturated carbocycles. The monoisotopic (exact) mass is 450 g/mol. The van der Waals surface area contributed by atoms with E-state index in [9.17, 15) is 14.4 Å². The van der Waals surface area contributed by atoms with Gasteiger partial charge in [0, 0.05) is 5.56 Å². The highest BCUT2D eigenvalue weighted by molar-refractivity contribution is 6.46. The van der Waals surface area contributed by atoms with Gasteiger partial charge >= 0.3 is 6.03 Å². The molecular formula is C20H16Cl2N2O6. The number of amides is 4. The van der Waals surface area contributed by atoms with Crippen LogP contribution in [0, 0.1) is 0 Å². The van der Waals surface area contributed by atoms with E-state index in [0.717, 1.165) is 4.90 Å². The van der Waals surface area contributed by atoms with E-state index in [0.29, 0.717) is 11.3 Å². The molecule has 0 radical (unpaired) electrons. The molecular weight excluding hydrogens is 435 g/mol. The number of carbonyl (C=O) groups is 3. The summed E-state index contributed by atoms with van der Waals surface area (Å²) in [4.78, 5) is 38.6. The van der Waals surface area contributed by atoms with E-state index in [-0.39, 0.29) is 32.8 Å².